The minimum atomic E-state index is 0. The van der Waals surface area contributed by atoms with Gasteiger partial charge in [0.15, 0.2) is 0 Å². The first-order chi connectivity index (χ1) is 1.00. The van der Waals surface area contributed by atoms with Gasteiger partial charge in [0.2, 0.25) is 0 Å². The van der Waals surface area contributed by atoms with Crippen LogP contribution in [0.15, 0.2) is 0 Å². The summed E-state index contributed by atoms with van der Waals surface area (Å²) in [4.78, 5) is 0. The second-order valence-corrected chi connectivity index (χ2v) is 0. The van der Waals surface area contributed by atoms with Crippen molar-refractivity contribution in [2.45, 2.75) is 0 Å². The summed E-state index contributed by atoms with van der Waals surface area (Å²) in [6.07, 6.45) is 0. The van der Waals surface area contributed by atoms with E-state index in [0.717, 1.165) is 0 Å². The Morgan fingerprint density at radius 2 is 1.00 bits per heavy atom. The summed E-state index contributed by atoms with van der Waals surface area (Å²) in [6.45, 7) is 0. The second-order valence-electron chi connectivity index (χ2n) is 0. The smallest absolute Gasteiger partial charge is 0.138 e. The van der Waals surface area contributed by atoms with Crippen LogP contribution < -0.4 is 0 Å². The van der Waals surface area contributed by atoms with E-state index in [2.05, 4.69) is 0 Å². The lowest BCUT2D eigenvalue weighted by Gasteiger charge is -0.807. The summed E-state index contributed by atoms with van der Waals surface area (Å²) in [5.41, 5.74) is 0. The highest BCUT2D eigenvalue weighted by atomic mass is 31.0. The topological polar surface area (TPSA) is 17.1 Å². The summed E-state index contributed by atoms with van der Waals surface area (Å²) in [5, 5.41) is 0. The van der Waals surface area contributed by atoms with Gasteiger partial charge < -0.3 is 0 Å². The average molecular weight is 116 g/mol. The van der Waals surface area contributed by atoms with Gasteiger partial charge in [0.05, 0.1) is 0 Å². The molecule has 0 aromatic heterocycles. The Morgan fingerprint density at radius 3 is 1.00 bits per heavy atom. The first kappa shape index (κ1) is 20.2. The molecule has 2 unspecified atom stereocenters. The summed E-state index contributed by atoms with van der Waals surface area (Å²) < 4.78 is 8.06. The maximum atomic E-state index is 8.06. The van der Waals surface area contributed by atoms with Crippen LogP contribution in [0.4, 0.5) is 0 Å². The molecule has 0 rings (SSSR count). The van der Waals surface area contributed by atoms with Crippen LogP contribution in [-0.2, 0) is 4.57 Å². The van der Waals surface area contributed by atoms with Crippen LogP contribution in [0, 0.1) is 0 Å². The molecule has 0 N–H and O–H groups in total. The Morgan fingerprint density at radius 1 is 1.00 bits per heavy atom. The average Bonchev–Trinajstić information content (AvgIpc) is 1.00. The van der Waals surface area contributed by atoms with Gasteiger partial charge in [-0.1, -0.05) is 0 Å². The predicted molar refractivity (Wildman–Crippen MR) is 31.2 cm³/mol. The Balaban J connectivity index is -0.00000000500. The van der Waals surface area contributed by atoms with E-state index in [1.807, 2.05) is 0 Å². The van der Waals surface area contributed by atoms with Gasteiger partial charge >= 0.3 is 0 Å². The van der Waals surface area contributed by atoms with E-state index >= 15 is 0 Å². The van der Waals surface area contributed by atoms with Crippen molar-refractivity contribution >= 4 is 28.9 Å². The van der Waals surface area contributed by atoms with E-state index in [1.165, 1.54) is 0 Å². The fourth-order valence-electron chi connectivity index (χ4n) is 0. The fourth-order valence-corrected chi connectivity index (χ4v) is 0. The normalized spacial score (nSPS) is 1.00. The number of rotatable bonds is 0. The van der Waals surface area contributed by atoms with E-state index in [9.17, 15) is 0 Å². The van der Waals surface area contributed by atoms with E-state index in [-0.39, 0.29) is 19.8 Å². The zero-order valence-electron chi connectivity index (χ0n) is 2.32. The molecule has 0 aliphatic carbocycles. The molecular formula is H7OP3. The van der Waals surface area contributed by atoms with Gasteiger partial charge in [-0.15, -0.1) is 0 Å². The van der Waals surface area contributed by atoms with Crippen LogP contribution in [-0.4, -0.2) is 0 Å². The molecule has 4 heteroatoms. The molecule has 2 atom stereocenters. The van der Waals surface area contributed by atoms with Crippen molar-refractivity contribution in [2.75, 3.05) is 0 Å². The first-order valence-electron chi connectivity index (χ1n) is 0.204. The highest BCUT2D eigenvalue weighted by Gasteiger charge is 0.667. The number of hydrogen-bond acceptors (Lipinski definition) is 1. The van der Waals surface area contributed by atoms with Gasteiger partial charge in [-0.05, 0) is 0 Å². The summed E-state index contributed by atoms with van der Waals surface area (Å²) >= 11 is 0. The standard InChI is InChI=1S/HOP.2H3P/c1-2;;/h2H;2*1H3. The molecule has 28 valence electrons. The van der Waals surface area contributed by atoms with Crippen molar-refractivity contribution in [3.8, 4) is 0 Å². The van der Waals surface area contributed by atoms with Crippen molar-refractivity contribution < 1.29 is 4.57 Å². The van der Waals surface area contributed by atoms with Gasteiger partial charge in [-0.25, -0.2) is 0 Å². The summed E-state index contributed by atoms with van der Waals surface area (Å²) in [7, 11) is 1.72. The quantitative estimate of drug-likeness (QED) is 0.423. The first-order valence-corrected chi connectivity index (χ1v) is 0.612. The molecule has 0 saturated heterocycles. The van der Waals surface area contributed by atoms with Crippen LogP contribution in [0.5, 0.6) is 0 Å². The predicted octanol–water partition coefficient (Wildman–Crippen LogP) is 0.591. The lowest BCUT2D eigenvalue weighted by atomic mass is 16.0. The molecule has 4 heavy (non-hydrogen) atoms. The van der Waals surface area contributed by atoms with Crippen molar-refractivity contribution in [1.29, 1.82) is 0 Å². The Kier molecular flexibility index (Phi) is 191. The second kappa shape index (κ2) is 37.6. The van der Waals surface area contributed by atoms with Crippen molar-refractivity contribution in [2.24, 2.45) is 0 Å². The molecule has 0 aliphatic rings. The van der Waals surface area contributed by atoms with Gasteiger partial charge in [-0.2, -0.15) is 19.8 Å². The molecular weight excluding hydrogens is 109 g/mol. The summed E-state index contributed by atoms with van der Waals surface area (Å²) in [5.74, 6) is 0. The molecule has 0 radical (unpaired) electrons. The molecule has 0 heterocycles. The van der Waals surface area contributed by atoms with Crippen molar-refractivity contribution in [3.63, 3.8) is 0 Å². The van der Waals surface area contributed by atoms with Gasteiger partial charge in [0, 0.05) is 0 Å². The Hall–Kier alpha value is 0.960. The monoisotopic (exact) mass is 116 g/mol. The molecule has 0 saturated carbocycles. The minimum absolute atomic E-state index is 0. The molecule has 0 aromatic carbocycles. The van der Waals surface area contributed by atoms with Crippen LogP contribution in [0.1, 0.15) is 0 Å². The van der Waals surface area contributed by atoms with E-state index in [4.69, 9.17) is 4.57 Å². The zero-order chi connectivity index (χ0) is 2.00. The SMILES string of the molecule is O=P.P.P. The van der Waals surface area contributed by atoms with Gasteiger partial charge in [0.25, 0.3) is 0 Å². The molecule has 0 aliphatic heterocycles. The molecule has 0 bridgehead atoms. The maximum Gasteiger partial charge on any atom is 0.138 e. The fraction of sp³-hybridized carbons (Fsp3) is 0. The van der Waals surface area contributed by atoms with E-state index in [1.54, 1.807) is 9.12 Å². The van der Waals surface area contributed by atoms with E-state index in [0.29, 0.717) is 0 Å². The van der Waals surface area contributed by atoms with Crippen LogP contribution in [0.2, 0.25) is 0 Å². The highest BCUT2D eigenvalue weighted by molar-refractivity contribution is 7.00. The van der Waals surface area contributed by atoms with Gasteiger partial charge in [-0.3, -0.25) is 4.57 Å². The molecule has 0 spiro atoms. The van der Waals surface area contributed by atoms with Crippen LogP contribution >= 0.6 is 28.9 Å². The summed E-state index contributed by atoms with van der Waals surface area (Å²) in [6, 6.07) is 0. The third-order valence-corrected chi connectivity index (χ3v) is 0. The highest BCUT2D eigenvalue weighted by Crippen LogP contribution is 1.23. The lowest BCUT2D eigenvalue weighted by molar-refractivity contribution is 0.607. The van der Waals surface area contributed by atoms with Crippen molar-refractivity contribution in [3.05, 3.63) is 0 Å². The molecule has 0 amide bonds. The largest absolute Gasteiger partial charge is 0.279 e. The van der Waals surface area contributed by atoms with Crippen LogP contribution in [0.3, 0.4) is 0 Å². The van der Waals surface area contributed by atoms with Crippen molar-refractivity contribution in [1.82, 2.24) is 0 Å². The van der Waals surface area contributed by atoms with E-state index < -0.39 is 0 Å². The molecule has 0 fully saturated rings. The van der Waals surface area contributed by atoms with Crippen LogP contribution in [0.25, 0.3) is 0 Å². The zero-order valence-corrected chi connectivity index (χ0v) is 6.15. The third kappa shape index (κ3) is 12.3. The Bertz CT molecular complexity index is 3.25. The minimum Gasteiger partial charge on any atom is -0.279 e. The number of hydrogen-bond donors (Lipinski definition) is 0. The van der Waals surface area contributed by atoms with Gasteiger partial charge in [0.1, 0.15) is 9.12 Å². The molecule has 0 aromatic rings. The lowest BCUT2D eigenvalue weighted by Crippen LogP contribution is -0.489. The third-order valence-electron chi connectivity index (χ3n) is 0. The Labute approximate surface area is 34.4 Å². The maximum absolute atomic E-state index is 8.06. The molecule has 1 nitrogen and oxygen atoms in total.